The van der Waals surface area contributed by atoms with Crippen LogP contribution in [0.15, 0.2) is 126 Å². The number of carbonyl (C=O) groups excluding carboxylic acids is 1. The molecule has 1 fully saturated rings. The number of hydrogen-bond acceptors (Lipinski definition) is 5. The second-order valence-corrected chi connectivity index (χ2v) is 14.4. The summed E-state index contributed by atoms with van der Waals surface area (Å²) in [5, 5.41) is 17.4. The molecule has 0 spiro atoms. The van der Waals surface area contributed by atoms with Crippen molar-refractivity contribution in [3.05, 3.63) is 170 Å². The van der Waals surface area contributed by atoms with Gasteiger partial charge in [-0.1, -0.05) is 108 Å². The molecule has 284 valence electrons. The first-order chi connectivity index (χ1) is 26.2. The molecule has 2 atom stereocenters. The third-order valence-electron chi connectivity index (χ3n) is 9.48. The molecule has 1 saturated heterocycles. The van der Waals surface area contributed by atoms with Crippen molar-refractivity contribution in [2.45, 2.75) is 44.5 Å². The molecule has 1 amide bonds. The Hall–Kier alpha value is -4.63. The van der Waals surface area contributed by atoms with Gasteiger partial charge in [0.1, 0.15) is 12.4 Å². The second-order valence-electron chi connectivity index (χ2n) is 13.2. The van der Waals surface area contributed by atoms with E-state index in [-0.39, 0.29) is 28.8 Å². The number of benzene rings is 5. The number of carbonyl (C=O) groups is 2. The third-order valence-corrected chi connectivity index (χ3v) is 10.5. The molecule has 2 heterocycles. The first kappa shape index (κ1) is 40.0. The Morgan fingerprint density at radius 3 is 2.40 bits per heavy atom. The number of nitrogens with one attached hydrogen (secondary N) is 1. The van der Waals surface area contributed by atoms with Crippen molar-refractivity contribution in [3.63, 3.8) is 0 Å². The number of carboxylic acids is 1. The van der Waals surface area contributed by atoms with Crippen molar-refractivity contribution in [2.24, 2.45) is 4.99 Å². The van der Waals surface area contributed by atoms with Crippen LogP contribution in [-0.4, -0.2) is 51.2 Å². The molecule has 5 aromatic carbocycles. The minimum Gasteiger partial charge on any atom is -0.625 e. The maximum atomic E-state index is 13.9. The van der Waals surface area contributed by atoms with E-state index in [9.17, 15) is 14.7 Å². The van der Waals surface area contributed by atoms with E-state index in [1.807, 2.05) is 97.2 Å². The van der Waals surface area contributed by atoms with Crippen LogP contribution >= 0.6 is 34.8 Å². The van der Waals surface area contributed by atoms with Crippen LogP contribution in [0.1, 0.15) is 40.7 Å². The van der Waals surface area contributed by atoms with Gasteiger partial charge in [-0.3, -0.25) is 9.89 Å². The Kier molecular flexibility index (Phi) is 13.4. The van der Waals surface area contributed by atoms with Gasteiger partial charge in [0.15, 0.2) is 6.04 Å². The fraction of sp³-hybridized carbons (Fsp3) is 0.186. The number of aliphatic carboxylic acids is 1. The van der Waals surface area contributed by atoms with E-state index in [4.69, 9.17) is 44.5 Å². The predicted molar refractivity (Wildman–Crippen MR) is 216 cm³/mol. The number of aromatic nitrogens is 1. The zero-order valence-corrected chi connectivity index (χ0v) is 32.7. The van der Waals surface area contributed by atoms with E-state index in [1.54, 1.807) is 24.3 Å². The molecular formula is C43H36Cl3N4NiO4-. The SMILES string of the molecule is O=C(O)[C@H](Cc1c[nH]c2cc(OCc3ccccc3)ccc12)N=C(c1ccccc1)c1cc(Cl)ccc1[N-]C(=O)[C@@H]1CCCN1Cc1ccc(Cl)c(Cl)c1.[Ni]. The number of rotatable bonds is 13. The predicted octanol–water partition coefficient (Wildman–Crippen LogP) is 10.4. The summed E-state index contributed by atoms with van der Waals surface area (Å²) in [4.78, 5) is 37.0. The molecule has 7 rings (SSSR count). The summed E-state index contributed by atoms with van der Waals surface area (Å²) in [5.41, 5.74) is 5.46. The number of aromatic amines is 1. The molecule has 0 radical (unpaired) electrons. The Morgan fingerprint density at radius 1 is 0.891 bits per heavy atom. The van der Waals surface area contributed by atoms with Crippen molar-refractivity contribution in [1.82, 2.24) is 9.88 Å². The van der Waals surface area contributed by atoms with Gasteiger partial charge in [-0.2, -0.15) is 0 Å². The van der Waals surface area contributed by atoms with Crippen LogP contribution in [0.4, 0.5) is 5.69 Å². The second kappa shape index (κ2) is 18.3. The fourth-order valence-electron chi connectivity index (χ4n) is 6.77. The van der Waals surface area contributed by atoms with Crippen LogP contribution in [-0.2, 0) is 45.7 Å². The first-order valence-corrected chi connectivity index (χ1v) is 18.7. The maximum Gasteiger partial charge on any atom is 0.328 e. The quantitative estimate of drug-likeness (QED) is 0.0889. The standard InChI is InChI=1S/C43H37Cl3N4O4.Ni/c44-31-14-18-37(49-42(51)40-12-7-19-50(40)25-28-13-17-35(45)36(46)20-28)34(22-31)41(29-10-5-2-6-11-29)48-39(43(52)53)21-30-24-47-38-23-32(15-16-33(30)38)54-26-27-8-3-1-4-9-27;/h1-6,8-11,13-18,20,22-24,39-40,47H,7,12,19,21,25-26H2,(H2,48,49,51,52,53);/p-1/t39-,40-;/m0./s1. The van der Waals surface area contributed by atoms with Gasteiger partial charge in [-0.15, -0.1) is 5.69 Å². The number of amides is 1. The molecule has 8 nitrogen and oxygen atoms in total. The summed E-state index contributed by atoms with van der Waals surface area (Å²) >= 11 is 19.0. The van der Waals surface area contributed by atoms with Gasteiger partial charge < -0.3 is 24.9 Å². The van der Waals surface area contributed by atoms with Crippen molar-refractivity contribution in [2.75, 3.05) is 6.54 Å². The summed E-state index contributed by atoms with van der Waals surface area (Å²) in [6.45, 7) is 1.68. The monoisotopic (exact) mass is 835 g/mol. The summed E-state index contributed by atoms with van der Waals surface area (Å²) in [6, 6.07) is 33.8. The normalized spacial score (nSPS) is 15.0. The molecule has 12 heteroatoms. The van der Waals surface area contributed by atoms with Gasteiger partial charge >= 0.3 is 5.97 Å². The fourth-order valence-corrected chi connectivity index (χ4v) is 7.26. The molecule has 1 aromatic heterocycles. The number of carboxylic acid groups (broad SMARTS) is 1. The van der Waals surface area contributed by atoms with Gasteiger partial charge in [-0.05, 0) is 78.0 Å². The summed E-state index contributed by atoms with van der Waals surface area (Å²) in [6.07, 6.45) is 3.41. The Balaban J connectivity index is 0.00000514. The molecule has 6 aromatic rings. The van der Waals surface area contributed by atoms with E-state index in [1.165, 1.54) is 0 Å². The molecule has 55 heavy (non-hydrogen) atoms. The number of halogens is 3. The summed E-state index contributed by atoms with van der Waals surface area (Å²) in [7, 11) is 0. The number of hydrogen-bond donors (Lipinski definition) is 2. The molecular weight excluding hydrogens is 802 g/mol. The van der Waals surface area contributed by atoms with Gasteiger partial charge in [0.2, 0.25) is 0 Å². The van der Waals surface area contributed by atoms with E-state index in [2.05, 4.69) is 15.2 Å². The van der Waals surface area contributed by atoms with Crippen molar-refractivity contribution < 1.29 is 35.9 Å². The van der Waals surface area contributed by atoms with Gasteiger partial charge in [0, 0.05) is 63.2 Å². The minimum atomic E-state index is -1.17. The smallest absolute Gasteiger partial charge is 0.328 e. The molecule has 0 saturated carbocycles. The van der Waals surface area contributed by atoms with E-state index in [0.29, 0.717) is 62.9 Å². The van der Waals surface area contributed by atoms with Crippen LogP contribution in [0.2, 0.25) is 15.1 Å². The van der Waals surface area contributed by atoms with Gasteiger partial charge in [-0.25, -0.2) is 4.79 Å². The van der Waals surface area contributed by atoms with Crippen molar-refractivity contribution in [3.8, 4) is 5.75 Å². The van der Waals surface area contributed by atoms with Crippen molar-refractivity contribution >= 4 is 69.0 Å². The minimum absolute atomic E-state index is 0. The topological polar surface area (TPSA) is 109 Å². The number of likely N-dealkylation sites (tertiary alicyclic amines) is 1. The first-order valence-electron chi connectivity index (χ1n) is 17.6. The zero-order valence-electron chi connectivity index (χ0n) is 29.4. The van der Waals surface area contributed by atoms with Crippen LogP contribution in [0.3, 0.4) is 0 Å². The van der Waals surface area contributed by atoms with Crippen LogP contribution in [0.25, 0.3) is 16.2 Å². The van der Waals surface area contributed by atoms with Crippen molar-refractivity contribution in [1.29, 1.82) is 0 Å². The summed E-state index contributed by atoms with van der Waals surface area (Å²) < 4.78 is 6.01. The van der Waals surface area contributed by atoms with Gasteiger partial charge in [0.25, 0.3) is 0 Å². The number of H-pyrrole nitrogens is 1. The van der Waals surface area contributed by atoms with E-state index < -0.39 is 18.1 Å². The number of fused-ring (bicyclic) bond motifs is 1. The number of nitrogens with zero attached hydrogens (tertiary/aromatic N) is 3. The van der Waals surface area contributed by atoms with E-state index >= 15 is 0 Å². The molecule has 0 unspecified atom stereocenters. The largest absolute Gasteiger partial charge is 0.625 e. The average molecular weight is 838 g/mol. The molecule has 0 bridgehead atoms. The molecule has 0 aliphatic carbocycles. The maximum absolute atomic E-state index is 13.9. The molecule has 1 aliphatic rings. The molecule has 2 N–H and O–H groups in total. The Labute approximate surface area is 344 Å². The third kappa shape index (κ3) is 9.79. The van der Waals surface area contributed by atoms with E-state index in [0.717, 1.165) is 40.6 Å². The number of ether oxygens (including phenoxy) is 1. The average Bonchev–Trinajstić information content (AvgIpc) is 3.82. The Morgan fingerprint density at radius 2 is 1.65 bits per heavy atom. The Bertz CT molecular complexity index is 2320. The molecule has 1 aliphatic heterocycles. The zero-order chi connectivity index (χ0) is 37.6. The summed E-state index contributed by atoms with van der Waals surface area (Å²) in [5.74, 6) is -0.703. The number of aliphatic imine (C=N–C) groups is 1. The van der Waals surface area contributed by atoms with Crippen LogP contribution in [0.5, 0.6) is 5.75 Å². The van der Waals surface area contributed by atoms with Crippen LogP contribution in [0, 0.1) is 0 Å². The van der Waals surface area contributed by atoms with Crippen LogP contribution < -0.4 is 4.74 Å². The van der Waals surface area contributed by atoms with Gasteiger partial charge in [0.05, 0.1) is 27.7 Å².